The second kappa shape index (κ2) is 19.5. The number of aliphatic imine (C=N–C) groups is 1. The highest BCUT2D eigenvalue weighted by atomic mass is 16.2. The Morgan fingerprint density at radius 2 is 1.38 bits per heavy atom. The predicted octanol–water partition coefficient (Wildman–Crippen LogP) is -0.551. The van der Waals surface area contributed by atoms with Crippen LogP contribution in [0.15, 0.2) is 78.2 Å². The smallest absolute Gasteiger partial charge is 0.273 e. The lowest BCUT2D eigenvalue weighted by molar-refractivity contribution is -0.133. The van der Waals surface area contributed by atoms with Crippen molar-refractivity contribution in [3.05, 3.63) is 95.7 Å². The summed E-state index contributed by atoms with van der Waals surface area (Å²) >= 11 is 0. The van der Waals surface area contributed by atoms with E-state index in [0.717, 1.165) is 10.9 Å². The summed E-state index contributed by atoms with van der Waals surface area (Å²) in [5, 5.41) is 14.4. The molecule has 2 aromatic carbocycles. The molecule has 294 valence electrons. The molecule has 3 heterocycles. The van der Waals surface area contributed by atoms with Crippen LogP contribution in [0.4, 0.5) is 0 Å². The van der Waals surface area contributed by atoms with Gasteiger partial charge in [-0.15, -0.1) is 0 Å². The number of guanidine groups is 1. The van der Waals surface area contributed by atoms with Crippen LogP contribution < -0.4 is 43.8 Å². The van der Waals surface area contributed by atoms with Gasteiger partial charge in [0.2, 0.25) is 23.6 Å². The predicted molar refractivity (Wildman–Crippen MR) is 207 cm³/mol. The van der Waals surface area contributed by atoms with E-state index in [0.29, 0.717) is 24.0 Å². The molecule has 4 atom stereocenters. The molecule has 1 aliphatic heterocycles. The van der Waals surface area contributed by atoms with E-state index < -0.39 is 59.6 Å². The van der Waals surface area contributed by atoms with E-state index in [-0.39, 0.29) is 62.5 Å². The molecule has 56 heavy (non-hydrogen) atoms. The van der Waals surface area contributed by atoms with Crippen molar-refractivity contribution >= 4 is 52.3 Å². The van der Waals surface area contributed by atoms with Crippen LogP contribution in [-0.4, -0.2) is 93.6 Å². The molecule has 18 heteroatoms. The van der Waals surface area contributed by atoms with E-state index in [1.807, 2.05) is 24.3 Å². The highest BCUT2D eigenvalue weighted by molar-refractivity contribution is 6.06. The van der Waals surface area contributed by atoms with Gasteiger partial charge in [-0.05, 0) is 49.3 Å². The molecule has 4 unspecified atom stereocenters. The van der Waals surface area contributed by atoms with Crippen molar-refractivity contribution in [2.24, 2.45) is 22.2 Å². The molecule has 6 amide bonds. The molecule has 12 N–H and O–H groups in total. The minimum atomic E-state index is -1.26. The number of carbonyl (C=O) groups excluding carboxylic acids is 6. The normalized spacial score (nSPS) is 20.3. The van der Waals surface area contributed by atoms with Crippen LogP contribution in [0.25, 0.3) is 10.9 Å². The summed E-state index contributed by atoms with van der Waals surface area (Å²) in [6.07, 6.45) is 5.41. The lowest BCUT2D eigenvalue weighted by Crippen LogP contribution is -2.58. The molecular formula is C38H46N12O6. The SMILES string of the molecule is NC(=O)C1CCCCNC(=O)c2nccnc2C(=O)NC(Cc2ccccc2)C(=O)NC(CCCN=C(N)N)C(=O)NC(Cc2c[nH]c3ccccc23)C(=O)N1. The minimum Gasteiger partial charge on any atom is -0.370 e. The number of primary amides is 1. The summed E-state index contributed by atoms with van der Waals surface area (Å²) in [7, 11) is 0. The largest absolute Gasteiger partial charge is 0.370 e. The van der Waals surface area contributed by atoms with Gasteiger partial charge in [0.15, 0.2) is 17.3 Å². The second-order valence-electron chi connectivity index (χ2n) is 13.3. The summed E-state index contributed by atoms with van der Waals surface area (Å²) in [6, 6.07) is 11.5. The fraction of sp³-hybridized carbons (Fsp3) is 0.342. The molecule has 4 aromatic rings. The van der Waals surface area contributed by atoms with Crippen LogP contribution in [0.5, 0.6) is 0 Å². The van der Waals surface area contributed by atoms with Gasteiger partial charge in [0.25, 0.3) is 11.8 Å². The van der Waals surface area contributed by atoms with Crippen LogP contribution in [-0.2, 0) is 32.0 Å². The quantitative estimate of drug-likeness (QED) is 0.0595. The maximum atomic E-state index is 14.2. The fourth-order valence-electron chi connectivity index (χ4n) is 6.32. The minimum absolute atomic E-state index is 0.00262. The average Bonchev–Trinajstić information content (AvgIpc) is 3.60. The zero-order valence-corrected chi connectivity index (χ0v) is 30.6. The molecule has 2 aromatic heterocycles. The monoisotopic (exact) mass is 766 g/mol. The molecule has 5 rings (SSSR count). The maximum absolute atomic E-state index is 14.2. The van der Waals surface area contributed by atoms with E-state index in [2.05, 4.69) is 46.5 Å². The van der Waals surface area contributed by atoms with Gasteiger partial charge >= 0.3 is 0 Å². The summed E-state index contributed by atoms with van der Waals surface area (Å²) in [5.41, 5.74) is 18.4. The number of hydrogen-bond donors (Lipinski definition) is 9. The lowest BCUT2D eigenvalue weighted by atomic mass is 10.0. The number of benzene rings is 2. The van der Waals surface area contributed by atoms with E-state index in [4.69, 9.17) is 17.2 Å². The number of amides is 6. The van der Waals surface area contributed by atoms with E-state index >= 15 is 0 Å². The van der Waals surface area contributed by atoms with Crippen molar-refractivity contribution in [2.75, 3.05) is 13.1 Å². The average molecular weight is 767 g/mol. The first-order valence-electron chi connectivity index (χ1n) is 18.2. The second-order valence-corrected chi connectivity index (χ2v) is 13.3. The number of nitrogens with one attached hydrogen (secondary N) is 6. The maximum Gasteiger partial charge on any atom is 0.273 e. The molecule has 1 aliphatic rings. The van der Waals surface area contributed by atoms with E-state index in [1.165, 1.54) is 12.4 Å². The van der Waals surface area contributed by atoms with Crippen molar-refractivity contribution in [1.29, 1.82) is 0 Å². The summed E-state index contributed by atoms with van der Waals surface area (Å²) in [5.74, 6) is -4.60. The van der Waals surface area contributed by atoms with Gasteiger partial charge in [-0.25, -0.2) is 9.97 Å². The number of aromatic amines is 1. The number of fused-ring (bicyclic) bond motifs is 2. The molecule has 0 bridgehead atoms. The van der Waals surface area contributed by atoms with Gasteiger partial charge in [-0.3, -0.25) is 33.8 Å². The number of carbonyl (C=O) groups is 6. The summed E-state index contributed by atoms with van der Waals surface area (Å²) in [4.78, 5) is 97.1. The van der Waals surface area contributed by atoms with Crippen LogP contribution >= 0.6 is 0 Å². The van der Waals surface area contributed by atoms with Gasteiger partial charge in [0.05, 0.1) is 0 Å². The fourth-order valence-corrected chi connectivity index (χ4v) is 6.32. The Labute approximate surface area is 322 Å². The molecule has 0 aliphatic carbocycles. The summed E-state index contributed by atoms with van der Waals surface area (Å²) < 4.78 is 0. The Morgan fingerprint density at radius 3 is 2.11 bits per heavy atom. The van der Waals surface area contributed by atoms with Gasteiger partial charge in [0.1, 0.15) is 24.2 Å². The first-order valence-corrected chi connectivity index (χ1v) is 18.2. The molecular weight excluding hydrogens is 720 g/mol. The van der Waals surface area contributed by atoms with Crippen LogP contribution in [0, 0.1) is 0 Å². The third-order valence-electron chi connectivity index (χ3n) is 9.21. The Balaban J connectivity index is 1.51. The summed E-state index contributed by atoms with van der Waals surface area (Å²) in [6.45, 7) is 0.266. The number of hydrogen-bond acceptors (Lipinski definition) is 9. The van der Waals surface area contributed by atoms with E-state index in [9.17, 15) is 28.8 Å². The standard InChI is InChI=1S/C38H46N12O6/c39-32(51)26-13-6-7-15-44-36(55)30-31(43-18-17-42-30)37(56)50-28(19-22-9-2-1-3-10-22)34(53)48-27(14-8-16-45-38(40)41)33(52)49-29(35(54)47-26)20-23-21-46-25-12-5-4-11-24(23)25/h1-5,9-12,17-18,21,26-29,46H,6-8,13-16,19-20H2,(H2,39,51)(H,44,55)(H,47,54)(H,48,53)(H,49,52)(H,50,56)(H4,40,41,45). The Hall–Kier alpha value is -6.85. The highest BCUT2D eigenvalue weighted by Crippen LogP contribution is 2.20. The third-order valence-corrected chi connectivity index (χ3v) is 9.21. The topological polar surface area (TPSA) is 295 Å². The third kappa shape index (κ3) is 11.1. The van der Waals surface area contributed by atoms with Gasteiger partial charge in [-0.1, -0.05) is 48.5 Å². The number of nitrogens with zero attached hydrogens (tertiary/aromatic N) is 3. The molecule has 0 saturated carbocycles. The van der Waals surface area contributed by atoms with Crippen molar-refractivity contribution in [3.63, 3.8) is 0 Å². The Morgan fingerprint density at radius 1 is 0.732 bits per heavy atom. The van der Waals surface area contributed by atoms with Gasteiger partial charge in [0, 0.05) is 55.4 Å². The number of H-pyrrole nitrogens is 1. The van der Waals surface area contributed by atoms with Crippen molar-refractivity contribution in [3.8, 4) is 0 Å². The Kier molecular flexibility index (Phi) is 14.0. The van der Waals surface area contributed by atoms with Crippen LogP contribution in [0.1, 0.15) is 64.2 Å². The van der Waals surface area contributed by atoms with Crippen LogP contribution in [0.2, 0.25) is 0 Å². The number of para-hydroxylation sites is 1. The van der Waals surface area contributed by atoms with E-state index in [1.54, 1.807) is 36.5 Å². The van der Waals surface area contributed by atoms with Crippen LogP contribution in [0.3, 0.4) is 0 Å². The number of aromatic nitrogens is 3. The lowest BCUT2D eigenvalue weighted by Gasteiger charge is -2.26. The zero-order chi connectivity index (χ0) is 40.0. The first kappa shape index (κ1) is 40.3. The molecule has 0 saturated heterocycles. The molecule has 0 radical (unpaired) electrons. The van der Waals surface area contributed by atoms with Gasteiger partial charge < -0.3 is 48.8 Å². The first-order chi connectivity index (χ1) is 27.0. The number of rotatable bonds is 9. The molecule has 0 spiro atoms. The highest BCUT2D eigenvalue weighted by Gasteiger charge is 2.33. The Bertz CT molecular complexity index is 2070. The number of nitrogens with two attached hydrogens (primary N) is 3. The van der Waals surface area contributed by atoms with Gasteiger partial charge in [-0.2, -0.15) is 0 Å². The molecule has 18 nitrogen and oxygen atoms in total. The molecule has 0 fully saturated rings. The zero-order valence-electron chi connectivity index (χ0n) is 30.6. The van der Waals surface area contributed by atoms with Crippen molar-refractivity contribution < 1.29 is 28.8 Å². The van der Waals surface area contributed by atoms with Crippen molar-refractivity contribution in [2.45, 2.75) is 69.1 Å². The van der Waals surface area contributed by atoms with Crippen molar-refractivity contribution in [1.82, 2.24) is 41.5 Å².